The summed E-state index contributed by atoms with van der Waals surface area (Å²) in [5.41, 5.74) is 0.404. The molecule has 0 spiro atoms. The van der Waals surface area contributed by atoms with Gasteiger partial charge in [-0.25, -0.2) is 14.2 Å². The van der Waals surface area contributed by atoms with Crippen molar-refractivity contribution in [1.29, 1.82) is 5.26 Å². The smallest absolute Gasteiger partial charge is 0.475 e. The lowest BCUT2D eigenvalue weighted by Crippen LogP contribution is -2.36. The van der Waals surface area contributed by atoms with Crippen molar-refractivity contribution in [3.05, 3.63) is 41.7 Å². The first-order chi connectivity index (χ1) is 14.0. The van der Waals surface area contributed by atoms with Gasteiger partial charge in [-0.3, -0.25) is 4.79 Å². The predicted molar refractivity (Wildman–Crippen MR) is 93.6 cm³/mol. The monoisotopic (exact) mass is 428 g/mol. The number of carbonyl (C=O) groups is 2. The van der Waals surface area contributed by atoms with Gasteiger partial charge in [-0.15, -0.1) is 0 Å². The van der Waals surface area contributed by atoms with Crippen molar-refractivity contribution in [3.63, 3.8) is 0 Å². The summed E-state index contributed by atoms with van der Waals surface area (Å²) in [5.74, 6) is -3.49. The van der Waals surface area contributed by atoms with E-state index in [9.17, 15) is 22.4 Å². The van der Waals surface area contributed by atoms with Crippen LogP contribution in [0.15, 0.2) is 28.8 Å². The third kappa shape index (κ3) is 6.02. The van der Waals surface area contributed by atoms with Gasteiger partial charge in [-0.2, -0.15) is 18.4 Å². The molecule has 30 heavy (non-hydrogen) atoms. The van der Waals surface area contributed by atoms with Gasteiger partial charge >= 0.3 is 18.1 Å². The van der Waals surface area contributed by atoms with E-state index in [1.807, 2.05) is 0 Å². The number of halogens is 4. The SMILES string of the molecule is C[C@@H]1C[C@@H](NC(=O)c2ncc(-c3ccc(F)c(C#N)c3)o2)CN1.O=C(O)C(F)(F)F. The number of hydrogen-bond donors (Lipinski definition) is 3. The molecule has 12 heteroatoms. The predicted octanol–water partition coefficient (Wildman–Crippen LogP) is 2.47. The molecule has 0 unspecified atom stereocenters. The van der Waals surface area contributed by atoms with Crippen molar-refractivity contribution in [1.82, 2.24) is 15.6 Å². The van der Waals surface area contributed by atoms with Crippen molar-refractivity contribution in [2.24, 2.45) is 0 Å². The number of amides is 1. The van der Waals surface area contributed by atoms with E-state index >= 15 is 0 Å². The van der Waals surface area contributed by atoms with E-state index in [2.05, 4.69) is 22.5 Å². The van der Waals surface area contributed by atoms with Gasteiger partial charge in [-0.1, -0.05) is 0 Å². The molecule has 1 saturated heterocycles. The molecular formula is C18H16F4N4O4. The van der Waals surface area contributed by atoms with Crippen LogP contribution in [0.2, 0.25) is 0 Å². The van der Waals surface area contributed by atoms with Crippen molar-refractivity contribution >= 4 is 11.9 Å². The number of oxazole rings is 1. The van der Waals surface area contributed by atoms with Crippen LogP contribution >= 0.6 is 0 Å². The Morgan fingerprint density at radius 1 is 1.40 bits per heavy atom. The zero-order valence-electron chi connectivity index (χ0n) is 15.5. The molecule has 1 aromatic carbocycles. The van der Waals surface area contributed by atoms with Crippen LogP contribution in [-0.2, 0) is 4.79 Å². The summed E-state index contributed by atoms with van der Waals surface area (Å²) in [5, 5.41) is 22.1. The number of nitrogens with zero attached hydrogens (tertiary/aromatic N) is 2. The largest absolute Gasteiger partial charge is 0.490 e. The van der Waals surface area contributed by atoms with Crippen LogP contribution in [-0.4, -0.2) is 46.8 Å². The Morgan fingerprint density at radius 3 is 2.60 bits per heavy atom. The van der Waals surface area contributed by atoms with Gasteiger partial charge in [0.1, 0.15) is 11.9 Å². The summed E-state index contributed by atoms with van der Waals surface area (Å²) in [6, 6.07) is 6.19. The van der Waals surface area contributed by atoms with Crippen molar-refractivity contribution < 1.29 is 36.7 Å². The molecule has 1 aliphatic heterocycles. The lowest BCUT2D eigenvalue weighted by molar-refractivity contribution is -0.192. The summed E-state index contributed by atoms with van der Waals surface area (Å²) < 4.78 is 50.5. The molecule has 1 fully saturated rings. The summed E-state index contributed by atoms with van der Waals surface area (Å²) >= 11 is 0. The fraction of sp³-hybridized carbons (Fsp3) is 0.333. The van der Waals surface area contributed by atoms with Crippen molar-refractivity contribution in [2.45, 2.75) is 31.6 Å². The summed E-state index contributed by atoms with van der Waals surface area (Å²) in [4.78, 5) is 25.0. The minimum atomic E-state index is -5.08. The summed E-state index contributed by atoms with van der Waals surface area (Å²) in [6.07, 6.45) is -2.85. The molecule has 0 saturated carbocycles. The Labute approximate surface area is 167 Å². The minimum absolute atomic E-state index is 0.0452. The molecule has 160 valence electrons. The number of nitrogens with one attached hydrogen (secondary N) is 2. The summed E-state index contributed by atoms with van der Waals surface area (Å²) in [6.45, 7) is 2.76. The average Bonchev–Trinajstić information content (AvgIpc) is 3.31. The maximum absolute atomic E-state index is 13.3. The van der Waals surface area contributed by atoms with Crippen LogP contribution in [0.4, 0.5) is 17.6 Å². The van der Waals surface area contributed by atoms with Crippen molar-refractivity contribution in [2.75, 3.05) is 6.54 Å². The van der Waals surface area contributed by atoms with Gasteiger partial charge in [0.15, 0.2) is 5.76 Å². The van der Waals surface area contributed by atoms with E-state index in [0.29, 0.717) is 23.9 Å². The molecule has 0 aliphatic carbocycles. The highest BCUT2D eigenvalue weighted by Crippen LogP contribution is 2.23. The Bertz CT molecular complexity index is 968. The number of carboxylic acids is 1. The highest BCUT2D eigenvalue weighted by atomic mass is 19.4. The van der Waals surface area contributed by atoms with E-state index in [4.69, 9.17) is 19.6 Å². The highest BCUT2D eigenvalue weighted by molar-refractivity contribution is 5.90. The van der Waals surface area contributed by atoms with E-state index < -0.39 is 18.0 Å². The van der Waals surface area contributed by atoms with Gasteiger partial charge in [-0.05, 0) is 31.5 Å². The second-order valence-corrected chi connectivity index (χ2v) is 6.35. The first kappa shape index (κ1) is 22.8. The standard InChI is InChI=1S/C16H15FN4O2.C2HF3O2/c1-9-4-12(7-19-9)21-15(22)16-20-8-14(23-16)10-2-3-13(17)11(5-10)6-18;3-2(4,5)1(6)7/h2-3,5,8-9,12,19H,4,7H2,1H3,(H,21,22);(H,6,7)/t9-,12-;/m1./s1. The van der Waals surface area contributed by atoms with E-state index in [1.54, 1.807) is 6.07 Å². The molecule has 2 heterocycles. The number of rotatable bonds is 3. The minimum Gasteiger partial charge on any atom is -0.475 e. The van der Waals surface area contributed by atoms with Crippen molar-refractivity contribution in [3.8, 4) is 17.4 Å². The van der Waals surface area contributed by atoms with Crippen LogP contribution in [0.25, 0.3) is 11.3 Å². The number of alkyl halides is 3. The molecule has 2 aromatic rings. The van der Waals surface area contributed by atoms with Gasteiger partial charge in [0.25, 0.3) is 5.89 Å². The first-order valence-corrected chi connectivity index (χ1v) is 8.51. The van der Waals surface area contributed by atoms with Crippen LogP contribution in [0.3, 0.4) is 0 Å². The van der Waals surface area contributed by atoms with E-state index in [1.165, 1.54) is 24.4 Å². The van der Waals surface area contributed by atoms with Crippen LogP contribution in [0.5, 0.6) is 0 Å². The number of benzene rings is 1. The van der Waals surface area contributed by atoms with Gasteiger partial charge in [0.2, 0.25) is 0 Å². The lowest BCUT2D eigenvalue weighted by Gasteiger charge is -2.09. The number of nitriles is 1. The molecule has 2 atom stereocenters. The average molecular weight is 428 g/mol. The van der Waals surface area contributed by atoms with Gasteiger partial charge in [0.05, 0.1) is 11.8 Å². The normalized spacial score (nSPS) is 18.1. The maximum Gasteiger partial charge on any atom is 0.490 e. The van der Waals surface area contributed by atoms with Gasteiger partial charge < -0.3 is 20.2 Å². The maximum atomic E-state index is 13.3. The molecule has 3 N–H and O–H groups in total. The fourth-order valence-electron chi connectivity index (χ4n) is 2.57. The molecular weight excluding hydrogens is 412 g/mol. The van der Waals surface area contributed by atoms with Crippen LogP contribution in [0.1, 0.15) is 29.6 Å². The van der Waals surface area contributed by atoms with Gasteiger partial charge in [0, 0.05) is 24.2 Å². The first-order valence-electron chi connectivity index (χ1n) is 8.51. The quantitative estimate of drug-likeness (QED) is 0.641. The number of carbonyl (C=O) groups excluding carboxylic acids is 1. The van der Waals surface area contributed by atoms with E-state index in [-0.39, 0.29) is 23.4 Å². The molecule has 8 nitrogen and oxygen atoms in total. The third-order valence-corrected chi connectivity index (χ3v) is 4.00. The Kier molecular flexibility index (Phi) is 7.12. The number of aromatic nitrogens is 1. The highest BCUT2D eigenvalue weighted by Gasteiger charge is 2.38. The van der Waals surface area contributed by atoms with E-state index in [0.717, 1.165) is 6.42 Å². The summed E-state index contributed by atoms with van der Waals surface area (Å²) in [7, 11) is 0. The molecule has 1 amide bonds. The Hall–Kier alpha value is -3.46. The lowest BCUT2D eigenvalue weighted by atomic mass is 10.1. The zero-order chi connectivity index (χ0) is 22.5. The third-order valence-electron chi connectivity index (χ3n) is 4.00. The van der Waals surface area contributed by atoms with Crippen LogP contribution in [0, 0.1) is 17.1 Å². The molecule has 1 aromatic heterocycles. The fourth-order valence-corrected chi connectivity index (χ4v) is 2.57. The second-order valence-electron chi connectivity index (χ2n) is 6.35. The molecule has 0 radical (unpaired) electrons. The number of aliphatic carboxylic acids is 1. The Balaban J connectivity index is 0.000000396. The molecule has 1 aliphatic rings. The number of hydrogen-bond acceptors (Lipinski definition) is 6. The van der Waals surface area contributed by atoms with Crippen LogP contribution < -0.4 is 10.6 Å². The topological polar surface area (TPSA) is 128 Å². The zero-order valence-corrected chi connectivity index (χ0v) is 15.5. The second kappa shape index (κ2) is 9.36. The number of carboxylic acid groups (broad SMARTS) is 1. The molecule has 3 rings (SSSR count). The Morgan fingerprint density at radius 2 is 2.07 bits per heavy atom. The molecule has 0 bridgehead atoms.